The first kappa shape index (κ1) is 16.4. The third kappa shape index (κ3) is 5.08. The summed E-state index contributed by atoms with van der Waals surface area (Å²) in [7, 11) is -1.89. The first-order chi connectivity index (χ1) is 7.65. The lowest BCUT2D eigenvalue weighted by Gasteiger charge is -2.40. The molecule has 2 atom stereocenters. The fraction of sp³-hybridized carbons (Fsp3) is 1.00. The molecule has 0 unspecified atom stereocenters. The van der Waals surface area contributed by atoms with E-state index < -0.39 is 8.32 Å². The van der Waals surface area contributed by atoms with Gasteiger partial charge in [-0.3, -0.25) is 0 Å². The largest absolute Gasteiger partial charge is 0.413 e. The quantitative estimate of drug-likeness (QED) is 0.344. The molecule has 6 heteroatoms. The van der Waals surface area contributed by atoms with Crippen molar-refractivity contribution in [3.8, 4) is 0 Å². The summed E-state index contributed by atoms with van der Waals surface area (Å²) in [4.78, 5) is 2.76. The number of aliphatic hydroxyl groups is 1. The molecule has 0 aromatic carbocycles. The van der Waals surface area contributed by atoms with Gasteiger partial charge in [0.05, 0.1) is 12.6 Å². The molecule has 0 aliphatic heterocycles. The second-order valence-corrected chi connectivity index (χ2v) is 10.7. The van der Waals surface area contributed by atoms with Crippen LogP contribution < -0.4 is 0 Å². The van der Waals surface area contributed by atoms with Crippen LogP contribution in [0.4, 0.5) is 0 Å². The summed E-state index contributed by atoms with van der Waals surface area (Å²) in [5.41, 5.74) is 8.38. The number of rotatable bonds is 6. The topological polar surface area (TPSA) is 78.2 Å². The maximum absolute atomic E-state index is 9.20. The Kier molecular flexibility index (Phi) is 6.19. The van der Waals surface area contributed by atoms with Crippen molar-refractivity contribution in [3.05, 3.63) is 10.4 Å². The van der Waals surface area contributed by atoms with Crippen LogP contribution in [0.25, 0.3) is 10.4 Å². The molecule has 0 aromatic heterocycles. The van der Waals surface area contributed by atoms with Crippen LogP contribution in [0.1, 0.15) is 27.7 Å². The molecule has 0 saturated heterocycles. The van der Waals surface area contributed by atoms with Crippen LogP contribution in [0.2, 0.25) is 18.1 Å². The molecule has 0 saturated carbocycles. The van der Waals surface area contributed by atoms with Crippen molar-refractivity contribution in [2.75, 3.05) is 13.2 Å². The Morgan fingerprint density at radius 2 is 1.94 bits per heavy atom. The van der Waals surface area contributed by atoms with Gasteiger partial charge in [0.15, 0.2) is 8.32 Å². The van der Waals surface area contributed by atoms with Gasteiger partial charge in [0, 0.05) is 17.4 Å². The Hall–Kier alpha value is -0.553. The van der Waals surface area contributed by atoms with E-state index in [0.29, 0.717) is 0 Å². The summed E-state index contributed by atoms with van der Waals surface area (Å²) in [5.74, 6) is -0.0189. The predicted octanol–water partition coefficient (Wildman–Crippen LogP) is 3.32. The second-order valence-electron chi connectivity index (χ2n) is 5.99. The van der Waals surface area contributed by atoms with E-state index in [2.05, 4.69) is 43.9 Å². The van der Waals surface area contributed by atoms with Gasteiger partial charge in [0.1, 0.15) is 0 Å². The van der Waals surface area contributed by atoms with E-state index in [0.717, 1.165) is 0 Å². The lowest BCUT2D eigenvalue weighted by Crippen LogP contribution is -2.46. The van der Waals surface area contributed by atoms with Gasteiger partial charge in [-0.25, -0.2) is 0 Å². The average molecular weight is 259 g/mol. The summed E-state index contributed by atoms with van der Waals surface area (Å²) in [6.07, 6.45) is -0.197. The first-order valence-electron chi connectivity index (χ1n) is 5.95. The zero-order chi connectivity index (χ0) is 13.7. The van der Waals surface area contributed by atoms with Gasteiger partial charge in [-0.05, 0) is 23.7 Å². The monoisotopic (exact) mass is 259 g/mol. The highest BCUT2D eigenvalue weighted by molar-refractivity contribution is 6.74. The van der Waals surface area contributed by atoms with E-state index >= 15 is 0 Å². The molecule has 100 valence electrons. The SMILES string of the molecule is C[C@H](CO)[C@H](CN=[N+]=[N-])O[Si](C)(C)C(C)(C)C. The van der Waals surface area contributed by atoms with Crippen LogP contribution >= 0.6 is 0 Å². The van der Waals surface area contributed by atoms with Crippen molar-refractivity contribution < 1.29 is 9.53 Å². The van der Waals surface area contributed by atoms with Gasteiger partial charge in [-0.15, -0.1) is 0 Å². The van der Waals surface area contributed by atoms with E-state index in [1.165, 1.54) is 0 Å². The van der Waals surface area contributed by atoms with E-state index in [4.69, 9.17) is 9.96 Å². The molecule has 0 heterocycles. The third-order valence-electron chi connectivity index (χ3n) is 3.50. The van der Waals surface area contributed by atoms with Gasteiger partial charge in [-0.1, -0.05) is 32.8 Å². The Labute approximate surface area is 105 Å². The van der Waals surface area contributed by atoms with Crippen molar-refractivity contribution in [1.82, 2.24) is 0 Å². The second kappa shape index (κ2) is 6.40. The van der Waals surface area contributed by atoms with Crippen molar-refractivity contribution in [2.45, 2.75) is 51.9 Å². The van der Waals surface area contributed by atoms with Crippen LogP contribution in [0.3, 0.4) is 0 Å². The molecule has 17 heavy (non-hydrogen) atoms. The van der Waals surface area contributed by atoms with Crippen molar-refractivity contribution in [2.24, 2.45) is 11.0 Å². The Morgan fingerprint density at radius 1 is 1.41 bits per heavy atom. The lowest BCUT2D eigenvalue weighted by atomic mass is 10.1. The fourth-order valence-corrected chi connectivity index (χ4v) is 2.54. The minimum atomic E-state index is -1.89. The fourth-order valence-electron chi connectivity index (χ4n) is 1.12. The van der Waals surface area contributed by atoms with Crippen molar-refractivity contribution in [3.63, 3.8) is 0 Å². The molecule has 0 rings (SSSR count). The van der Waals surface area contributed by atoms with Gasteiger partial charge in [-0.2, -0.15) is 0 Å². The molecule has 0 aromatic rings. The van der Waals surface area contributed by atoms with Crippen LogP contribution in [0, 0.1) is 5.92 Å². The predicted molar refractivity (Wildman–Crippen MR) is 72.3 cm³/mol. The highest BCUT2D eigenvalue weighted by atomic mass is 28.4. The van der Waals surface area contributed by atoms with Crippen LogP contribution in [-0.4, -0.2) is 32.7 Å². The average Bonchev–Trinajstić information content (AvgIpc) is 2.21. The number of hydrogen-bond donors (Lipinski definition) is 1. The maximum Gasteiger partial charge on any atom is 0.192 e. The summed E-state index contributed by atoms with van der Waals surface area (Å²) >= 11 is 0. The van der Waals surface area contributed by atoms with E-state index in [9.17, 15) is 5.11 Å². The molecule has 0 aliphatic rings. The Balaban J connectivity index is 4.79. The minimum Gasteiger partial charge on any atom is -0.413 e. The molecule has 0 fully saturated rings. The maximum atomic E-state index is 9.20. The van der Waals surface area contributed by atoms with E-state index in [1.54, 1.807) is 0 Å². The number of hydrogen-bond acceptors (Lipinski definition) is 3. The minimum absolute atomic E-state index is 0.0189. The van der Waals surface area contributed by atoms with Gasteiger partial charge in [0.25, 0.3) is 0 Å². The van der Waals surface area contributed by atoms with Gasteiger partial charge >= 0.3 is 0 Å². The van der Waals surface area contributed by atoms with Crippen molar-refractivity contribution >= 4 is 8.32 Å². The van der Waals surface area contributed by atoms with Gasteiger partial charge in [0.2, 0.25) is 0 Å². The summed E-state index contributed by atoms with van der Waals surface area (Å²) in [5, 5.41) is 12.9. The highest BCUT2D eigenvalue weighted by Crippen LogP contribution is 2.38. The Morgan fingerprint density at radius 3 is 2.29 bits per heavy atom. The summed E-state index contributed by atoms with van der Waals surface area (Å²) in [6.45, 7) is 13.0. The van der Waals surface area contributed by atoms with Crippen LogP contribution in [-0.2, 0) is 4.43 Å². The number of azide groups is 1. The number of nitrogens with zero attached hydrogens (tertiary/aromatic N) is 3. The lowest BCUT2D eigenvalue weighted by molar-refractivity contribution is 0.0910. The molecular weight excluding hydrogens is 234 g/mol. The molecule has 0 spiro atoms. The summed E-state index contributed by atoms with van der Waals surface area (Å²) < 4.78 is 6.17. The molecule has 0 amide bonds. The molecule has 5 nitrogen and oxygen atoms in total. The van der Waals surface area contributed by atoms with E-state index in [1.807, 2.05) is 6.92 Å². The van der Waals surface area contributed by atoms with Crippen molar-refractivity contribution in [1.29, 1.82) is 0 Å². The molecule has 0 bridgehead atoms. The van der Waals surface area contributed by atoms with Crippen LogP contribution in [0.15, 0.2) is 5.11 Å². The summed E-state index contributed by atoms with van der Waals surface area (Å²) in [6, 6.07) is 0. The molecular formula is C11H25N3O2Si. The number of aliphatic hydroxyl groups excluding tert-OH is 1. The standard InChI is InChI=1S/C11H25N3O2Si/c1-9(8-15)10(7-13-14-12)16-17(5,6)11(2,3)4/h9-10,15H,7-8H2,1-6H3/t9-,10+/m1/s1. The highest BCUT2D eigenvalue weighted by Gasteiger charge is 2.39. The molecule has 1 N–H and O–H groups in total. The Bertz CT molecular complexity index is 283. The molecule has 0 aliphatic carbocycles. The zero-order valence-corrected chi connectivity index (χ0v) is 12.8. The smallest absolute Gasteiger partial charge is 0.192 e. The van der Waals surface area contributed by atoms with Gasteiger partial charge < -0.3 is 9.53 Å². The molecule has 0 radical (unpaired) electrons. The normalized spacial score (nSPS) is 16.2. The zero-order valence-electron chi connectivity index (χ0n) is 11.8. The first-order valence-corrected chi connectivity index (χ1v) is 8.86. The van der Waals surface area contributed by atoms with Crippen LogP contribution in [0.5, 0.6) is 0 Å². The van der Waals surface area contributed by atoms with E-state index in [-0.39, 0.29) is 30.2 Å². The third-order valence-corrected chi connectivity index (χ3v) is 8.00.